The van der Waals surface area contributed by atoms with Gasteiger partial charge in [-0.1, -0.05) is 32.0 Å². The summed E-state index contributed by atoms with van der Waals surface area (Å²) >= 11 is 0. The molecule has 4 aromatic rings. The Bertz CT molecular complexity index is 1480. The molecule has 1 aliphatic heterocycles. The van der Waals surface area contributed by atoms with E-state index in [0.29, 0.717) is 46.0 Å². The highest BCUT2D eigenvalue weighted by Crippen LogP contribution is 2.28. The van der Waals surface area contributed by atoms with Gasteiger partial charge in [-0.3, -0.25) is 4.79 Å². The zero-order valence-corrected chi connectivity index (χ0v) is 23.3. The van der Waals surface area contributed by atoms with Crippen molar-refractivity contribution >= 4 is 40.2 Å². The Kier molecular flexibility index (Phi) is 7.17. The second-order valence-corrected chi connectivity index (χ2v) is 11.2. The molecule has 11 heteroatoms. The van der Waals surface area contributed by atoms with Crippen LogP contribution in [0.2, 0.25) is 0 Å². The van der Waals surface area contributed by atoms with E-state index in [1.54, 1.807) is 24.4 Å². The Morgan fingerprint density at radius 2 is 1.87 bits per heavy atom. The Balaban J connectivity index is 1.37. The van der Waals surface area contributed by atoms with Crippen LogP contribution < -0.4 is 15.5 Å². The molecule has 1 amide bonds. The van der Waals surface area contributed by atoms with Crippen molar-refractivity contribution in [1.29, 1.82) is 0 Å². The Labute approximate surface area is 228 Å². The van der Waals surface area contributed by atoms with Gasteiger partial charge in [0, 0.05) is 41.9 Å². The SMILES string of the molecule is Cc1ccc(C(=O)Nc2cc(C(C)(C)C)on2)cc1Nc1ncnc2cnc(N3CCC(N(C)C)CC3)nc12. The minimum atomic E-state index is -0.287. The van der Waals surface area contributed by atoms with Gasteiger partial charge in [0.25, 0.3) is 5.91 Å². The molecule has 204 valence electrons. The van der Waals surface area contributed by atoms with Crippen molar-refractivity contribution in [2.45, 2.75) is 52.0 Å². The number of fused-ring (bicyclic) bond motifs is 1. The van der Waals surface area contributed by atoms with Crippen LogP contribution in [0.5, 0.6) is 0 Å². The first kappa shape index (κ1) is 26.5. The van der Waals surface area contributed by atoms with Crippen molar-refractivity contribution in [3.05, 3.63) is 53.7 Å². The maximum Gasteiger partial charge on any atom is 0.256 e. The lowest BCUT2D eigenvalue weighted by atomic mass is 9.93. The molecule has 0 unspecified atom stereocenters. The number of hydrogen-bond acceptors (Lipinski definition) is 10. The molecule has 1 fully saturated rings. The highest BCUT2D eigenvalue weighted by molar-refractivity contribution is 6.04. The van der Waals surface area contributed by atoms with Gasteiger partial charge >= 0.3 is 0 Å². The van der Waals surface area contributed by atoms with Gasteiger partial charge in [0.2, 0.25) is 5.95 Å². The van der Waals surface area contributed by atoms with Gasteiger partial charge in [-0.15, -0.1) is 0 Å². The third-order valence-electron chi connectivity index (χ3n) is 7.09. The molecule has 0 atom stereocenters. The van der Waals surface area contributed by atoms with Crippen LogP contribution in [-0.2, 0) is 5.41 Å². The van der Waals surface area contributed by atoms with E-state index >= 15 is 0 Å². The molecule has 1 saturated heterocycles. The van der Waals surface area contributed by atoms with Crippen LogP contribution in [0.3, 0.4) is 0 Å². The van der Waals surface area contributed by atoms with Crippen LogP contribution in [0.4, 0.5) is 23.3 Å². The maximum absolute atomic E-state index is 13.0. The van der Waals surface area contributed by atoms with Gasteiger partial charge in [-0.05, 0) is 51.6 Å². The summed E-state index contributed by atoms with van der Waals surface area (Å²) in [5, 5.41) is 10.2. The third-order valence-corrected chi connectivity index (χ3v) is 7.09. The fourth-order valence-corrected chi connectivity index (χ4v) is 4.57. The average molecular weight is 530 g/mol. The lowest BCUT2D eigenvalue weighted by Crippen LogP contribution is -2.42. The quantitative estimate of drug-likeness (QED) is 0.368. The normalized spacial score (nSPS) is 14.7. The Morgan fingerprint density at radius 1 is 1.10 bits per heavy atom. The molecular weight excluding hydrogens is 494 g/mol. The molecule has 0 radical (unpaired) electrons. The number of carbonyl (C=O) groups excluding carboxylic acids is 1. The number of amides is 1. The number of nitrogens with one attached hydrogen (secondary N) is 2. The first-order chi connectivity index (χ1) is 18.6. The molecule has 3 aromatic heterocycles. The van der Waals surface area contributed by atoms with E-state index in [1.807, 2.05) is 33.8 Å². The summed E-state index contributed by atoms with van der Waals surface area (Å²) in [4.78, 5) is 35.8. The number of nitrogens with zero attached hydrogens (tertiary/aromatic N) is 7. The molecule has 0 bridgehead atoms. The van der Waals surface area contributed by atoms with Gasteiger partial charge in [0.15, 0.2) is 11.6 Å². The van der Waals surface area contributed by atoms with E-state index in [2.05, 4.69) is 54.6 Å². The maximum atomic E-state index is 13.0. The number of rotatable bonds is 6. The van der Waals surface area contributed by atoms with Crippen molar-refractivity contribution in [3.8, 4) is 0 Å². The molecule has 1 aromatic carbocycles. The van der Waals surface area contributed by atoms with Crippen molar-refractivity contribution in [2.24, 2.45) is 0 Å². The monoisotopic (exact) mass is 529 g/mol. The van der Waals surface area contributed by atoms with Crippen molar-refractivity contribution in [3.63, 3.8) is 0 Å². The number of carbonyl (C=O) groups is 1. The van der Waals surface area contributed by atoms with Gasteiger partial charge < -0.3 is 25.0 Å². The highest BCUT2D eigenvalue weighted by atomic mass is 16.5. The summed E-state index contributed by atoms with van der Waals surface area (Å²) in [6.07, 6.45) is 5.35. The highest BCUT2D eigenvalue weighted by Gasteiger charge is 2.23. The standard InChI is InChI=1S/C28H35N9O2/c1-17-7-8-18(26(38)33-23-14-22(39-35-23)28(2,3)4)13-20(17)32-25-24-21(30-16-31-25)15-29-27(34-24)37-11-9-19(10-12-37)36(5)6/h7-8,13-16,19H,9-12H2,1-6H3,(H,30,31,32)(H,33,35,38). The summed E-state index contributed by atoms with van der Waals surface area (Å²) in [6, 6.07) is 7.77. The molecule has 0 saturated carbocycles. The van der Waals surface area contributed by atoms with E-state index in [0.717, 1.165) is 37.2 Å². The van der Waals surface area contributed by atoms with Gasteiger partial charge in [0.1, 0.15) is 23.1 Å². The molecule has 0 spiro atoms. The van der Waals surface area contributed by atoms with Crippen LogP contribution in [0, 0.1) is 6.92 Å². The van der Waals surface area contributed by atoms with Crippen molar-refractivity contribution in [1.82, 2.24) is 30.0 Å². The molecule has 39 heavy (non-hydrogen) atoms. The van der Waals surface area contributed by atoms with E-state index in [1.165, 1.54) is 6.33 Å². The number of benzene rings is 1. The minimum absolute atomic E-state index is 0.205. The number of aromatic nitrogens is 5. The number of piperidine rings is 1. The Morgan fingerprint density at radius 3 is 2.56 bits per heavy atom. The first-order valence-corrected chi connectivity index (χ1v) is 13.1. The molecule has 2 N–H and O–H groups in total. The van der Waals surface area contributed by atoms with Crippen LogP contribution in [0.15, 0.2) is 41.3 Å². The molecule has 4 heterocycles. The molecule has 5 rings (SSSR count). The lowest BCUT2D eigenvalue weighted by Gasteiger charge is -2.35. The van der Waals surface area contributed by atoms with Gasteiger partial charge in [-0.25, -0.2) is 19.9 Å². The second-order valence-electron chi connectivity index (χ2n) is 11.2. The first-order valence-electron chi connectivity index (χ1n) is 13.1. The summed E-state index contributed by atoms with van der Waals surface area (Å²) < 4.78 is 5.39. The van der Waals surface area contributed by atoms with Crippen LogP contribution in [0.1, 0.15) is 55.3 Å². The average Bonchev–Trinajstić information content (AvgIpc) is 3.39. The van der Waals surface area contributed by atoms with E-state index in [4.69, 9.17) is 9.51 Å². The van der Waals surface area contributed by atoms with Crippen molar-refractivity contribution < 1.29 is 9.32 Å². The summed E-state index contributed by atoms with van der Waals surface area (Å²) in [7, 11) is 4.25. The fraction of sp³-hybridized carbons (Fsp3) is 0.429. The minimum Gasteiger partial charge on any atom is -0.359 e. The van der Waals surface area contributed by atoms with Crippen LogP contribution in [0.25, 0.3) is 11.0 Å². The smallest absolute Gasteiger partial charge is 0.256 e. The van der Waals surface area contributed by atoms with Gasteiger partial charge in [-0.2, -0.15) is 0 Å². The fourth-order valence-electron chi connectivity index (χ4n) is 4.57. The zero-order chi connectivity index (χ0) is 27.7. The predicted molar refractivity (Wildman–Crippen MR) is 152 cm³/mol. The number of hydrogen-bond donors (Lipinski definition) is 2. The number of anilines is 4. The van der Waals surface area contributed by atoms with Crippen LogP contribution in [-0.4, -0.2) is 69.1 Å². The van der Waals surface area contributed by atoms with E-state index in [9.17, 15) is 4.79 Å². The molecular formula is C28H35N9O2. The second kappa shape index (κ2) is 10.6. The summed E-state index contributed by atoms with van der Waals surface area (Å²) in [5.74, 6) is 2.01. The third kappa shape index (κ3) is 5.83. The lowest BCUT2D eigenvalue weighted by molar-refractivity contribution is 0.102. The largest absolute Gasteiger partial charge is 0.359 e. The summed E-state index contributed by atoms with van der Waals surface area (Å²) in [6.45, 7) is 9.82. The van der Waals surface area contributed by atoms with E-state index in [-0.39, 0.29) is 11.3 Å². The molecule has 1 aliphatic rings. The van der Waals surface area contributed by atoms with E-state index < -0.39 is 0 Å². The van der Waals surface area contributed by atoms with Crippen LogP contribution >= 0.6 is 0 Å². The van der Waals surface area contributed by atoms with Crippen molar-refractivity contribution in [2.75, 3.05) is 42.7 Å². The molecule has 11 nitrogen and oxygen atoms in total. The molecule has 0 aliphatic carbocycles. The van der Waals surface area contributed by atoms with Gasteiger partial charge in [0.05, 0.1) is 6.20 Å². The zero-order valence-electron chi connectivity index (χ0n) is 23.3. The predicted octanol–water partition coefficient (Wildman–Crippen LogP) is 4.54. The number of aryl methyl sites for hydroxylation is 1. The topological polar surface area (TPSA) is 125 Å². The summed E-state index contributed by atoms with van der Waals surface area (Å²) in [5.41, 5.74) is 3.24. The Hall–Kier alpha value is -4.12.